The van der Waals surface area contributed by atoms with Crippen LogP contribution in [0.15, 0.2) is 24.3 Å². The average Bonchev–Trinajstić information content (AvgIpc) is 2.31. The Balaban J connectivity index is 2.34. The van der Waals surface area contributed by atoms with Crippen LogP contribution in [0.1, 0.15) is 38.2 Å². The first-order chi connectivity index (χ1) is 7.88. The summed E-state index contributed by atoms with van der Waals surface area (Å²) in [5.74, 6) is 1.00. The Hall–Kier alpha value is -1.02. The van der Waals surface area contributed by atoms with E-state index in [1.54, 1.807) is 0 Å². The van der Waals surface area contributed by atoms with Gasteiger partial charge in [0, 0.05) is 0 Å². The summed E-state index contributed by atoms with van der Waals surface area (Å²) in [5, 5.41) is 0. The Labute approximate surface area is 98.8 Å². The molecule has 16 heavy (non-hydrogen) atoms. The molecule has 2 nitrogen and oxygen atoms in total. The zero-order valence-corrected chi connectivity index (χ0v) is 10.2. The maximum Gasteiger partial charge on any atom is 0.122 e. The van der Waals surface area contributed by atoms with Crippen LogP contribution < -0.4 is 10.5 Å². The van der Waals surface area contributed by atoms with Gasteiger partial charge >= 0.3 is 0 Å². The van der Waals surface area contributed by atoms with Crippen molar-refractivity contribution < 1.29 is 4.74 Å². The van der Waals surface area contributed by atoms with Crippen LogP contribution in [-0.2, 0) is 6.42 Å². The number of nitrogens with two attached hydrogens (primary N) is 1. The molecule has 2 N–H and O–H groups in total. The molecule has 0 saturated carbocycles. The summed E-state index contributed by atoms with van der Waals surface area (Å²) in [7, 11) is 0. The molecule has 0 spiro atoms. The highest BCUT2D eigenvalue weighted by Crippen LogP contribution is 2.18. The Morgan fingerprint density at radius 3 is 2.69 bits per heavy atom. The van der Waals surface area contributed by atoms with Crippen molar-refractivity contribution in [2.45, 2.75) is 39.0 Å². The molecule has 0 heterocycles. The summed E-state index contributed by atoms with van der Waals surface area (Å²) in [4.78, 5) is 0. The van der Waals surface area contributed by atoms with Crippen LogP contribution in [0.3, 0.4) is 0 Å². The molecule has 0 fully saturated rings. The van der Waals surface area contributed by atoms with Crippen molar-refractivity contribution in [3.05, 3.63) is 29.8 Å². The molecule has 0 unspecified atom stereocenters. The number of hydrogen-bond acceptors (Lipinski definition) is 2. The molecule has 0 aliphatic carbocycles. The second-order valence-electron chi connectivity index (χ2n) is 4.06. The van der Waals surface area contributed by atoms with E-state index in [9.17, 15) is 0 Å². The summed E-state index contributed by atoms with van der Waals surface area (Å²) in [5.41, 5.74) is 6.79. The number of hydrogen-bond donors (Lipinski definition) is 1. The maximum atomic E-state index is 5.78. The predicted molar refractivity (Wildman–Crippen MR) is 68.8 cm³/mol. The lowest BCUT2D eigenvalue weighted by Gasteiger charge is -2.10. The van der Waals surface area contributed by atoms with Gasteiger partial charge in [-0.05, 0) is 31.0 Å². The molecule has 90 valence electrons. The topological polar surface area (TPSA) is 35.2 Å². The lowest BCUT2D eigenvalue weighted by molar-refractivity contribution is 0.302. The van der Waals surface area contributed by atoms with Gasteiger partial charge in [0.25, 0.3) is 0 Å². The molecule has 0 amide bonds. The van der Waals surface area contributed by atoms with Crippen molar-refractivity contribution in [2.75, 3.05) is 13.2 Å². The number of para-hydroxylation sites is 1. The number of ether oxygens (including phenoxy) is 1. The fourth-order valence-electron chi connectivity index (χ4n) is 1.72. The van der Waals surface area contributed by atoms with Gasteiger partial charge in [-0.25, -0.2) is 0 Å². The van der Waals surface area contributed by atoms with Gasteiger partial charge in [-0.3, -0.25) is 0 Å². The van der Waals surface area contributed by atoms with Crippen LogP contribution >= 0.6 is 0 Å². The smallest absolute Gasteiger partial charge is 0.122 e. The zero-order chi connectivity index (χ0) is 11.6. The molecule has 0 aromatic heterocycles. The van der Waals surface area contributed by atoms with Crippen molar-refractivity contribution >= 4 is 0 Å². The molecule has 1 rings (SSSR count). The van der Waals surface area contributed by atoms with Crippen molar-refractivity contribution in [1.29, 1.82) is 0 Å². The summed E-state index contributed by atoms with van der Waals surface area (Å²) in [6, 6.07) is 8.18. The second kappa shape index (κ2) is 8.17. The van der Waals surface area contributed by atoms with Gasteiger partial charge in [-0.15, -0.1) is 0 Å². The normalized spacial score (nSPS) is 10.4. The van der Waals surface area contributed by atoms with E-state index in [0.717, 1.165) is 25.2 Å². The second-order valence-corrected chi connectivity index (χ2v) is 4.06. The third-order valence-corrected chi connectivity index (χ3v) is 2.64. The minimum Gasteiger partial charge on any atom is -0.493 e. The highest BCUT2D eigenvalue weighted by molar-refractivity contribution is 5.33. The van der Waals surface area contributed by atoms with Crippen LogP contribution in [0.4, 0.5) is 0 Å². The van der Waals surface area contributed by atoms with E-state index in [1.807, 2.05) is 18.2 Å². The largest absolute Gasteiger partial charge is 0.493 e. The molecule has 0 saturated heterocycles. The SMILES string of the molecule is CCCCCCOc1ccccc1CCN. The molecule has 0 bridgehead atoms. The molecule has 1 aromatic carbocycles. The Morgan fingerprint density at radius 1 is 1.12 bits per heavy atom. The van der Waals surface area contributed by atoms with E-state index >= 15 is 0 Å². The average molecular weight is 221 g/mol. The van der Waals surface area contributed by atoms with Gasteiger partial charge in [0.05, 0.1) is 6.61 Å². The maximum absolute atomic E-state index is 5.78. The van der Waals surface area contributed by atoms with Crippen LogP contribution in [0, 0.1) is 0 Å². The standard InChI is InChI=1S/C14H23NO/c1-2-3-4-7-12-16-14-9-6-5-8-13(14)10-11-15/h5-6,8-9H,2-4,7,10-12,15H2,1H3. The molecule has 0 radical (unpaired) electrons. The summed E-state index contributed by atoms with van der Waals surface area (Å²) < 4.78 is 5.78. The molecule has 0 aliphatic rings. The highest BCUT2D eigenvalue weighted by atomic mass is 16.5. The zero-order valence-electron chi connectivity index (χ0n) is 10.2. The molecule has 2 heteroatoms. The van der Waals surface area contributed by atoms with E-state index in [4.69, 9.17) is 10.5 Å². The summed E-state index contributed by atoms with van der Waals surface area (Å²) >= 11 is 0. The lowest BCUT2D eigenvalue weighted by atomic mass is 10.1. The highest BCUT2D eigenvalue weighted by Gasteiger charge is 2.01. The van der Waals surface area contributed by atoms with E-state index in [2.05, 4.69) is 13.0 Å². The third-order valence-electron chi connectivity index (χ3n) is 2.64. The van der Waals surface area contributed by atoms with Crippen LogP contribution in [0.2, 0.25) is 0 Å². The molecule has 1 aromatic rings. The predicted octanol–water partition coefficient (Wildman–Crippen LogP) is 3.15. The Morgan fingerprint density at radius 2 is 1.94 bits per heavy atom. The first kappa shape index (κ1) is 13.0. The molecular formula is C14H23NO. The number of unbranched alkanes of at least 4 members (excludes halogenated alkanes) is 3. The first-order valence-electron chi connectivity index (χ1n) is 6.29. The van der Waals surface area contributed by atoms with Crippen LogP contribution in [-0.4, -0.2) is 13.2 Å². The van der Waals surface area contributed by atoms with Gasteiger partial charge in [-0.2, -0.15) is 0 Å². The van der Waals surface area contributed by atoms with Gasteiger partial charge in [0.15, 0.2) is 0 Å². The van der Waals surface area contributed by atoms with E-state index in [1.165, 1.54) is 24.8 Å². The van der Waals surface area contributed by atoms with Gasteiger partial charge < -0.3 is 10.5 Å². The minimum atomic E-state index is 0.677. The monoisotopic (exact) mass is 221 g/mol. The number of rotatable bonds is 8. The Kier molecular flexibility index (Phi) is 6.66. The summed E-state index contributed by atoms with van der Waals surface area (Å²) in [6.45, 7) is 3.72. The third kappa shape index (κ3) is 4.67. The fourth-order valence-corrected chi connectivity index (χ4v) is 1.72. The van der Waals surface area contributed by atoms with Crippen molar-refractivity contribution in [1.82, 2.24) is 0 Å². The quantitative estimate of drug-likeness (QED) is 0.684. The van der Waals surface area contributed by atoms with E-state index in [-0.39, 0.29) is 0 Å². The first-order valence-corrected chi connectivity index (χ1v) is 6.29. The van der Waals surface area contributed by atoms with Crippen molar-refractivity contribution in [3.8, 4) is 5.75 Å². The molecular weight excluding hydrogens is 198 g/mol. The number of benzene rings is 1. The van der Waals surface area contributed by atoms with Crippen LogP contribution in [0.25, 0.3) is 0 Å². The fraction of sp³-hybridized carbons (Fsp3) is 0.571. The van der Waals surface area contributed by atoms with Gasteiger partial charge in [-0.1, -0.05) is 44.4 Å². The molecule has 0 atom stereocenters. The van der Waals surface area contributed by atoms with Gasteiger partial charge in [0.1, 0.15) is 5.75 Å². The van der Waals surface area contributed by atoms with Crippen molar-refractivity contribution in [2.24, 2.45) is 5.73 Å². The summed E-state index contributed by atoms with van der Waals surface area (Å²) in [6.07, 6.45) is 5.86. The van der Waals surface area contributed by atoms with E-state index < -0.39 is 0 Å². The molecule has 0 aliphatic heterocycles. The van der Waals surface area contributed by atoms with Crippen LogP contribution in [0.5, 0.6) is 5.75 Å². The Bertz CT molecular complexity index is 286. The van der Waals surface area contributed by atoms with E-state index in [0.29, 0.717) is 6.54 Å². The van der Waals surface area contributed by atoms with Gasteiger partial charge in [0.2, 0.25) is 0 Å². The van der Waals surface area contributed by atoms with Crippen molar-refractivity contribution in [3.63, 3.8) is 0 Å². The lowest BCUT2D eigenvalue weighted by Crippen LogP contribution is -2.06. The minimum absolute atomic E-state index is 0.677.